The normalized spacial score (nSPS) is 14.6. The van der Waals surface area contributed by atoms with Gasteiger partial charge in [-0.2, -0.15) is 0 Å². The Hall–Kier alpha value is -2.73. The molecule has 0 aromatic heterocycles. The van der Waals surface area contributed by atoms with Crippen molar-refractivity contribution in [1.82, 2.24) is 9.80 Å². The first kappa shape index (κ1) is 20.0. The zero-order chi connectivity index (χ0) is 20.1. The zero-order valence-corrected chi connectivity index (χ0v) is 17.0. The van der Waals surface area contributed by atoms with Gasteiger partial charge in [-0.3, -0.25) is 9.69 Å². The summed E-state index contributed by atoms with van der Waals surface area (Å²) in [6.45, 7) is 6.06. The summed E-state index contributed by atoms with van der Waals surface area (Å²) in [5, 5.41) is 0. The third-order valence-corrected chi connectivity index (χ3v) is 5.16. The van der Waals surface area contributed by atoms with Crippen molar-refractivity contribution in [1.29, 1.82) is 0 Å². The van der Waals surface area contributed by atoms with Crippen LogP contribution in [0.15, 0.2) is 36.4 Å². The monoisotopic (exact) mass is 384 g/mol. The number of amides is 1. The molecule has 6 heteroatoms. The molecule has 0 radical (unpaired) electrons. The van der Waals surface area contributed by atoms with Crippen LogP contribution in [0.2, 0.25) is 0 Å². The molecule has 0 aliphatic carbocycles. The van der Waals surface area contributed by atoms with E-state index in [0.29, 0.717) is 30.2 Å². The largest absolute Gasteiger partial charge is 0.496 e. The minimum Gasteiger partial charge on any atom is -0.496 e. The highest BCUT2D eigenvalue weighted by Gasteiger charge is 2.23. The number of hydrogen-bond donors (Lipinski definition) is 0. The number of benzene rings is 2. The van der Waals surface area contributed by atoms with Gasteiger partial charge in [-0.15, -0.1) is 0 Å². The maximum absolute atomic E-state index is 12.8. The van der Waals surface area contributed by atoms with Gasteiger partial charge in [0.15, 0.2) is 11.5 Å². The fourth-order valence-electron chi connectivity index (χ4n) is 3.56. The van der Waals surface area contributed by atoms with E-state index < -0.39 is 0 Å². The van der Waals surface area contributed by atoms with Gasteiger partial charge >= 0.3 is 0 Å². The average molecular weight is 384 g/mol. The standard InChI is InChI=1S/C22H28N2O4/c1-16-13-17(5-7-19(16)26-2)15-23-9-11-24(12-10-23)22(25)18-6-8-20(27-3)21(14-18)28-4/h5-8,13-14H,9-12,15H2,1-4H3. The van der Waals surface area contributed by atoms with Crippen molar-refractivity contribution < 1.29 is 19.0 Å². The summed E-state index contributed by atoms with van der Waals surface area (Å²) < 4.78 is 15.9. The van der Waals surface area contributed by atoms with Crippen molar-refractivity contribution in [3.05, 3.63) is 53.1 Å². The van der Waals surface area contributed by atoms with Crippen molar-refractivity contribution >= 4 is 5.91 Å². The van der Waals surface area contributed by atoms with E-state index in [0.717, 1.165) is 30.9 Å². The Morgan fingerprint density at radius 2 is 1.50 bits per heavy atom. The van der Waals surface area contributed by atoms with Crippen LogP contribution >= 0.6 is 0 Å². The van der Waals surface area contributed by atoms with Crippen LogP contribution in [0.25, 0.3) is 0 Å². The number of hydrogen-bond acceptors (Lipinski definition) is 5. The lowest BCUT2D eigenvalue weighted by molar-refractivity contribution is 0.0628. The molecule has 1 fully saturated rings. The van der Waals surface area contributed by atoms with E-state index in [-0.39, 0.29) is 5.91 Å². The predicted octanol–water partition coefficient (Wildman–Crippen LogP) is 2.98. The molecule has 2 aromatic carbocycles. The molecule has 6 nitrogen and oxygen atoms in total. The third kappa shape index (κ3) is 4.39. The van der Waals surface area contributed by atoms with E-state index in [4.69, 9.17) is 14.2 Å². The molecule has 2 aromatic rings. The Morgan fingerprint density at radius 1 is 0.857 bits per heavy atom. The number of carbonyl (C=O) groups excluding carboxylic acids is 1. The summed E-state index contributed by atoms with van der Waals surface area (Å²) in [4.78, 5) is 17.1. The summed E-state index contributed by atoms with van der Waals surface area (Å²) in [7, 11) is 4.85. The molecule has 0 saturated carbocycles. The van der Waals surface area contributed by atoms with Gasteiger partial charge in [-0.1, -0.05) is 12.1 Å². The lowest BCUT2D eigenvalue weighted by Crippen LogP contribution is -2.48. The van der Waals surface area contributed by atoms with Gasteiger partial charge in [-0.05, 0) is 42.3 Å². The van der Waals surface area contributed by atoms with E-state index in [9.17, 15) is 4.79 Å². The molecule has 0 bridgehead atoms. The first-order valence-electron chi connectivity index (χ1n) is 9.43. The summed E-state index contributed by atoms with van der Waals surface area (Å²) in [6, 6.07) is 11.6. The second-order valence-electron chi connectivity index (χ2n) is 6.94. The van der Waals surface area contributed by atoms with Crippen LogP contribution in [0.1, 0.15) is 21.5 Å². The molecule has 0 atom stereocenters. The molecular weight excluding hydrogens is 356 g/mol. The van der Waals surface area contributed by atoms with Gasteiger partial charge in [0.1, 0.15) is 5.75 Å². The van der Waals surface area contributed by atoms with Gasteiger partial charge in [0.05, 0.1) is 21.3 Å². The Labute approximate surface area is 166 Å². The molecular formula is C22H28N2O4. The maximum atomic E-state index is 12.8. The van der Waals surface area contributed by atoms with Crippen molar-refractivity contribution in [2.45, 2.75) is 13.5 Å². The Morgan fingerprint density at radius 3 is 2.11 bits per heavy atom. The van der Waals surface area contributed by atoms with Crippen LogP contribution in [-0.2, 0) is 6.54 Å². The maximum Gasteiger partial charge on any atom is 0.254 e. The highest BCUT2D eigenvalue weighted by molar-refractivity contribution is 5.95. The van der Waals surface area contributed by atoms with E-state index in [2.05, 4.69) is 24.0 Å². The fourth-order valence-corrected chi connectivity index (χ4v) is 3.56. The van der Waals surface area contributed by atoms with Crippen LogP contribution < -0.4 is 14.2 Å². The quantitative estimate of drug-likeness (QED) is 0.766. The van der Waals surface area contributed by atoms with Gasteiger partial charge < -0.3 is 19.1 Å². The van der Waals surface area contributed by atoms with Crippen molar-refractivity contribution in [3.63, 3.8) is 0 Å². The third-order valence-electron chi connectivity index (χ3n) is 5.16. The second kappa shape index (κ2) is 8.97. The van der Waals surface area contributed by atoms with Crippen LogP contribution in [0.4, 0.5) is 0 Å². The first-order chi connectivity index (χ1) is 13.5. The Bertz CT molecular complexity index is 829. The molecule has 1 saturated heterocycles. The number of aryl methyl sites for hydroxylation is 1. The lowest BCUT2D eigenvalue weighted by Gasteiger charge is -2.35. The van der Waals surface area contributed by atoms with Crippen molar-refractivity contribution in [3.8, 4) is 17.2 Å². The minimum absolute atomic E-state index is 0.0286. The molecule has 0 spiro atoms. The van der Waals surface area contributed by atoms with Crippen molar-refractivity contribution in [2.24, 2.45) is 0 Å². The van der Waals surface area contributed by atoms with Gasteiger partial charge in [-0.25, -0.2) is 0 Å². The number of nitrogens with zero attached hydrogens (tertiary/aromatic N) is 2. The molecule has 0 unspecified atom stereocenters. The van der Waals surface area contributed by atoms with Gasteiger partial charge in [0.25, 0.3) is 5.91 Å². The Kier molecular flexibility index (Phi) is 6.41. The summed E-state index contributed by atoms with van der Waals surface area (Å²) >= 11 is 0. The lowest BCUT2D eigenvalue weighted by atomic mass is 10.1. The second-order valence-corrected chi connectivity index (χ2v) is 6.94. The number of methoxy groups -OCH3 is 3. The molecule has 1 amide bonds. The highest BCUT2D eigenvalue weighted by Crippen LogP contribution is 2.28. The van der Waals surface area contributed by atoms with Gasteiger partial charge in [0, 0.05) is 38.3 Å². The summed E-state index contributed by atoms with van der Waals surface area (Å²) in [6.07, 6.45) is 0. The number of carbonyl (C=O) groups is 1. The number of piperazine rings is 1. The molecule has 0 N–H and O–H groups in total. The summed E-state index contributed by atoms with van der Waals surface area (Å²) in [5.74, 6) is 2.13. The Balaban J connectivity index is 1.59. The smallest absolute Gasteiger partial charge is 0.254 e. The van der Waals surface area contributed by atoms with Crippen LogP contribution in [0.3, 0.4) is 0 Å². The number of rotatable bonds is 6. The fraction of sp³-hybridized carbons (Fsp3) is 0.409. The SMILES string of the molecule is COc1ccc(CN2CCN(C(=O)c3ccc(OC)c(OC)c3)CC2)cc1C. The first-order valence-corrected chi connectivity index (χ1v) is 9.43. The number of ether oxygens (including phenoxy) is 3. The van der Waals surface area contributed by atoms with Gasteiger partial charge in [0.2, 0.25) is 0 Å². The van der Waals surface area contributed by atoms with Crippen LogP contribution in [0, 0.1) is 6.92 Å². The average Bonchev–Trinajstić information content (AvgIpc) is 2.73. The molecule has 28 heavy (non-hydrogen) atoms. The molecule has 1 aliphatic heterocycles. The topological polar surface area (TPSA) is 51.2 Å². The van der Waals surface area contributed by atoms with Crippen LogP contribution in [-0.4, -0.2) is 63.2 Å². The van der Waals surface area contributed by atoms with Crippen LogP contribution in [0.5, 0.6) is 17.2 Å². The van der Waals surface area contributed by atoms with Crippen molar-refractivity contribution in [2.75, 3.05) is 47.5 Å². The predicted molar refractivity (Wildman–Crippen MR) is 108 cm³/mol. The van der Waals surface area contributed by atoms with E-state index in [1.165, 1.54) is 5.56 Å². The van der Waals surface area contributed by atoms with E-state index in [1.807, 2.05) is 11.0 Å². The van der Waals surface area contributed by atoms with E-state index in [1.54, 1.807) is 39.5 Å². The molecule has 1 aliphatic rings. The minimum atomic E-state index is 0.0286. The van der Waals surface area contributed by atoms with E-state index >= 15 is 0 Å². The molecule has 1 heterocycles. The molecule has 150 valence electrons. The highest BCUT2D eigenvalue weighted by atomic mass is 16.5. The zero-order valence-electron chi connectivity index (χ0n) is 17.0. The summed E-state index contributed by atoms with van der Waals surface area (Å²) in [5.41, 5.74) is 3.03. The molecule has 3 rings (SSSR count).